The van der Waals surface area contributed by atoms with Gasteiger partial charge in [-0.1, -0.05) is 6.07 Å². The van der Waals surface area contributed by atoms with E-state index in [2.05, 4.69) is 5.10 Å². The summed E-state index contributed by atoms with van der Waals surface area (Å²) in [6, 6.07) is 5.62. The molecule has 29 heavy (non-hydrogen) atoms. The number of rotatable bonds is 5. The molecule has 0 saturated heterocycles. The van der Waals surface area contributed by atoms with E-state index in [1.165, 1.54) is 0 Å². The lowest BCUT2D eigenvalue weighted by Crippen LogP contribution is -2.51. The molecule has 8 nitrogen and oxygen atoms in total. The van der Waals surface area contributed by atoms with E-state index < -0.39 is 5.97 Å². The van der Waals surface area contributed by atoms with Gasteiger partial charge >= 0.3 is 5.97 Å². The number of carbonyl (C=O) groups is 3. The number of aromatic nitrogens is 2. The van der Waals surface area contributed by atoms with Crippen molar-refractivity contribution in [2.24, 2.45) is 5.92 Å². The Morgan fingerprint density at radius 2 is 1.93 bits per heavy atom. The number of carboxylic acid groups (broad SMARTS) is 1. The molecule has 1 aromatic carbocycles. The first kappa shape index (κ1) is 19.2. The van der Waals surface area contributed by atoms with E-state index in [-0.39, 0.29) is 30.2 Å². The molecule has 1 atom stereocenters. The number of hydrogen-bond acceptors (Lipinski definition) is 4. The minimum Gasteiger partial charge on any atom is -0.481 e. The van der Waals surface area contributed by atoms with Crippen LogP contribution >= 0.6 is 0 Å². The number of nitrogens with zero attached hydrogens (tertiary/aromatic N) is 4. The molecular formula is C21H24N4O4. The molecule has 1 aliphatic carbocycles. The molecule has 0 spiro atoms. The Kier molecular flexibility index (Phi) is 4.86. The van der Waals surface area contributed by atoms with Crippen molar-refractivity contribution in [3.8, 4) is 11.1 Å². The van der Waals surface area contributed by atoms with Crippen LogP contribution in [-0.4, -0.2) is 45.3 Å². The van der Waals surface area contributed by atoms with E-state index in [9.17, 15) is 14.4 Å². The number of anilines is 2. The van der Waals surface area contributed by atoms with Crippen LogP contribution in [0.3, 0.4) is 0 Å². The Labute approximate surface area is 168 Å². The van der Waals surface area contributed by atoms with Gasteiger partial charge in [0.2, 0.25) is 11.8 Å². The first-order valence-corrected chi connectivity index (χ1v) is 9.85. The molecule has 1 N–H and O–H groups in total. The van der Waals surface area contributed by atoms with Gasteiger partial charge in [-0.2, -0.15) is 5.10 Å². The smallest absolute Gasteiger partial charge is 0.305 e. The quantitative estimate of drug-likeness (QED) is 0.838. The fourth-order valence-electron chi connectivity index (χ4n) is 3.89. The molecular weight excluding hydrogens is 372 g/mol. The van der Waals surface area contributed by atoms with Crippen LogP contribution in [0.1, 0.15) is 33.1 Å². The highest BCUT2D eigenvalue weighted by Crippen LogP contribution is 2.41. The van der Waals surface area contributed by atoms with E-state index in [1.54, 1.807) is 28.9 Å². The number of carboxylic acids is 1. The highest BCUT2D eigenvalue weighted by molar-refractivity contribution is 6.06. The zero-order valence-electron chi connectivity index (χ0n) is 16.5. The molecule has 8 heteroatoms. The zero-order valence-corrected chi connectivity index (χ0v) is 16.5. The van der Waals surface area contributed by atoms with Gasteiger partial charge in [0.05, 0.1) is 36.6 Å². The van der Waals surface area contributed by atoms with Gasteiger partial charge in [-0.15, -0.1) is 0 Å². The van der Waals surface area contributed by atoms with Gasteiger partial charge in [0.1, 0.15) is 0 Å². The lowest BCUT2D eigenvalue weighted by atomic mass is 10.0. The summed E-state index contributed by atoms with van der Waals surface area (Å²) in [6.45, 7) is 4.27. The van der Waals surface area contributed by atoms with Crippen molar-refractivity contribution in [1.29, 1.82) is 0 Å². The Hall–Kier alpha value is -3.16. The Balaban J connectivity index is 1.70. The van der Waals surface area contributed by atoms with Crippen LogP contribution in [-0.2, 0) is 20.9 Å². The highest BCUT2D eigenvalue weighted by Gasteiger charge is 2.39. The summed E-state index contributed by atoms with van der Waals surface area (Å²) in [6.07, 6.45) is 5.33. The lowest BCUT2D eigenvalue weighted by Gasteiger charge is -2.41. The molecule has 2 aromatic rings. The number of benzene rings is 1. The molecule has 2 aliphatic rings. The van der Waals surface area contributed by atoms with Crippen molar-refractivity contribution in [3.05, 3.63) is 30.6 Å². The molecule has 1 saturated carbocycles. The van der Waals surface area contributed by atoms with E-state index in [4.69, 9.17) is 5.11 Å². The SMILES string of the molecule is CC(=O)N1c2ccc(-c3cnn(CCC(=O)O)c3)cc2N(C(=O)C2CC2)C[C@@H]1C. The van der Waals surface area contributed by atoms with Crippen LogP contribution in [0.5, 0.6) is 0 Å². The maximum absolute atomic E-state index is 12.9. The number of aryl methyl sites for hydroxylation is 1. The van der Waals surface area contributed by atoms with E-state index in [1.807, 2.05) is 30.0 Å². The van der Waals surface area contributed by atoms with Crippen LogP contribution in [0.15, 0.2) is 30.6 Å². The molecule has 2 amide bonds. The van der Waals surface area contributed by atoms with E-state index in [0.717, 1.165) is 35.3 Å². The molecule has 2 heterocycles. The highest BCUT2D eigenvalue weighted by atomic mass is 16.4. The number of fused-ring (bicyclic) bond motifs is 1. The van der Waals surface area contributed by atoms with E-state index >= 15 is 0 Å². The summed E-state index contributed by atoms with van der Waals surface area (Å²) in [5, 5.41) is 13.1. The number of hydrogen-bond donors (Lipinski definition) is 1. The standard InChI is InChI=1S/C21H24N4O4/c1-13-11-24(21(29)15-3-4-15)19-9-16(5-6-18(19)25(13)14(2)26)17-10-22-23(12-17)8-7-20(27)28/h5-6,9-10,12-13,15H,3-4,7-8,11H2,1-2H3,(H,27,28)/t13-/m0/s1. The van der Waals surface area contributed by atoms with Crippen molar-refractivity contribution in [2.45, 2.75) is 45.7 Å². The summed E-state index contributed by atoms with van der Waals surface area (Å²) in [5.41, 5.74) is 3.19. The third kappa shape index (κ3) is 3.74. The van der Waals surface area contributed by atoms with Gasteiger partial charge in [-0.05, 0) is 37.5 Å². The number of aliphatic carboxylic acids is 1. The fourth-order valence-corrected chi connectivity index (χ4v) is 3.89. The summed E-state index contributed by atoms with van der Waals surface area (Å²) < 4.78 is 1.60. The van der Waals surface area contributed by atoms with Gasteiger partial charge in [-0.3, -0.25) is 19.1 Å². The zero-order chi connectivity index (χ0) is 20.7. The van der Waals surface area contributed by atoms with Gasteiger partial charge in [-0.25, -0.2) is 0 Å². The summed E-state index contributed by atoms with van der Waals surface area (Å²) in [5.74, 6) is -0.716. The molecule has 1 fully saturated rings. The molecule has 4 rings (SSSR count). The summed E-state index contributed by atoms with van der Waals surface area (Å²) in [7, 11) is 0. The molecule has 0 radical (unpaired) electrons. The molecule has 152 valence electrons. The second-order valence-corrected chi connectivity index (χ2v) is 7.80. The average molecular weight is 396 g/mol. The van der Waals surface area contributed by atoms with Gasteiger partial charge in [0, 0.05) is 31.1 Å². The predicted octanol–water partition coefficient (Wildman–Crippen LogP) is 2.52. The van der Waals surface area contributed by atoms with Gasteiger partial charge < -0.3 is 14.9 Å². The van der Waals surface area contributed by atoms with Gasteiger partial charge in [0.25, 0.3) is 0 Å². The normalized spacial score (nSPS) is 18.5. The largest absolute Gasteiger partial charge is 0.481 e. The maximum Gasteiger partial charge on any atom is 0.305 e. The number of amides is 2. The molecule has 0 bridgehead atoms. The van der Waals surface area contributed by atoms with Crippen LogP contribution in [0.2, 0.25) is 0 Å². The molecule has 1 aromatic heterocycles. The lowest BCUT2D eigenvalue weighted by molar-refractivity contribution is -0.137. The average Bonchev–Trinajstić information content (AvgIpc) is 3.42. The third-order valence-electron chi connectivity index (χ3n) is 5.47. The monoisotopic (exact) mass is 396 g/mol. The fraction of sp³-hybridized carbons (Fsp3) is 0.429. The summed E-state index contributed by atoms with van der Waals surface area (Å²) >= 11 is 0. The minimum absolute atomic E-state index is 0.000432. The van der Waals surface area contributed by atoms with E-state index in [0.29, 0.717) is 13.1 Å². The van der Waals surface area contributed by atoms with Crippen molar-refractivity contribution < 1.29 is 19.5 Å². The number of carbonyl (C=O) groups excluding carboxylic acids is 2. The Morgan fingerprint density at radius 3 is 2.59 bits per heavy atom. The van der Waals surface area contributed by atoms with Crippen LogP contribution in [0, 0.1) is 5.92 Å². The molecule has 1 aliphatic heterocycles. The van der Waals surface area contributed by atoms with Gasteiger partial charge in [0.15, 0.2) is 0 Å². The van der Waals surface area contributed by atoms with Crippen LogP contribution < -0.4 is 9.80 Å². The Morgan fingerprint density at radius 1 is 1.17 bits per heavy atom. The molecule has 0 unspecified atom stereocenters. The third-order valence-corrected chi connectivity index (χ3v) is 5.47. The Bertz CT molecular complexity index is 979. The van der Waals surface area contributed by atoms with Crippen molar-refractivity contribution in [3.63, 3.8) is 0 Å². The van der Waals surface area contributed by atoms with Crippen molar-refractivity contribution in [2.75, 3.05) is 16.3 Å². The topological polar surface area (TPSA) is 95.7 Å². The second-order valence-electron chi connectivity index (χ2n) is 7.80. The maximum atomic E-state index is 12.9. The van der Waals surface area contributed by atoms with Crippen molar-refractivity contribution >= 4 is 29.2 Å². The van der Waals surface area contributed by atoms with Crippen LogP contribution in [0.25, 0.3) is 11.1 Å². The summed E-state index contributed by atoms with van der Waals surface area (Å²) in [4.78, 5) is 39.5. The first-order chi connectivity index (χ1) is 13.8. The van der Waals surface area contributed by atoms with Crippen LogP contribution in [0.4, 0.5) is 11.4 Å². The first-order valence-electron chi connectivity index (χ1n) is 9.85. The predicted molar refractivity (Wildman–Crippen MR) is 108 cm³/mol. The van der Waals surface area contributed by atoms with Crippen molar-refractivity contribution in [1.82, 2.24) is 9.78 Å². The second kappa shape index (κ2) is 7.35. The minimum atomic E-state index is -0.872.